The van der Waals surface area contributed by atoms with E-state index in [-0.39, 0.29) is 5.78 Å². The fraction of sp³-hybridized carbons (Fsp3) is 0.0909. The number of ketones is 1. The molecule has 0 saturated carbocycles. The molecule has 0 saturated heterocycles. The van der Waals surface area contributed by atoms with Gasteiger partial charge in [-0.25, -0.2) is 4.79 Å². The highest BCUT2D eigenvalue weighted by Crippen LogP contribution is 2.29. The molecular formula is C11H6O3. The van der Waals surface area contributed by atoms with Gasteiger partial charge in [0, 0.05) is 5.56 Å². The number of ether oxygens (including phenoxy) is 1. The van der Waals surface area contributed by atoms with Crippen molar-refractivity contribution in [1.29, 1.82) is 0 Å². The lowest BCUT2D eigenvalue weighted by Gasteiger charge is -2.25. The predicted molar refractivity (Wildman–Crippen MR) is 49.0 cm³/mol. The fourth-order valence-corrected chi connectivity index (χ4v) is 1.85. The maximum absolute atomic E-state index is 11.7. The molecular weight excluding hydrogens is 180 g/mol. The first kappa shape index (κ1) is 7.50. The van der Waals surface area contributed by atoms with Gasteiger partial charge >= 0.3 is 5.97 Å². The van der Waals surface area contributed by atoms with Crippen LogP contribution in [0.25, 0.3) is 6.08 Å². The molecule has 0 aromatic heterocycles. The van der Waals surface area contributed by atoms with Crippen molar-refractivity contribution in [2.75, 3.05) is 0 Å². The van der Waals surface area contributed by atoms with Crippen molar-refractivity contribution in [3.05, 3.63) is 41.0 Å². The van der Waals surface area contributed by atoms with Gasteiger partial charge in [-0.15, -0.1) is 0 Å². The summed E-state index contributed by atoms with van der Waals surface area (Å²) >= 11 is 0. The molecule has 1 aromatic carbocycles. The van der Waals surface area contributed by atoms with Gasteiger partial charge in [0.25, 0.3) is 0 Å². The van der Waals surface area contributed by atoms with Crippen LogP contribution >= 0.6 is 0 Å². The Labute approximate surface area is 80.0 Å². The minimum absolute atomic E-state index is 0.113. The van der Waals surface area contributed by atoms with E-state index in [4.69, 9.17) is 4.74 Å². The van der Waals surface area contributed by atoms with Crippen molar-refractivity contribution in [2.24, 2.45) is 0 Å². The van der Waals surface area contributed by atoms with Crippen LogP contribution in [0.3, 0.4) is 0 Å². The lowest BCUT2D eigenvalue weighted by molar-refractivity contribution is 0.0328. The number of hydrogen-bond donors (Lipinski definition) is 0. The lowest BCUT2D eigenvalue weighted by Crippen LogP contribution is -2.35. The van der Waals surface area contributed by atoms with Gasteiger partial charge in [-0.2, -0.15) is 0 Å². The summed E-state index contributed by atoms with van der Waals surface area (Å²) in [5.41, 5.74) is 1.70. The number of rotatable bonds is 0. The van der Waals surface area contributed by atoms with E-state index in [1.54, 1.807) is 18.2 Å². The van der Waals surface area contributed by atoms with Crippen molar-refractivity contribution in [3.8, 4) is 0 Å². The lowest BCUT2D eigenvalue weighted by atomic mass is 9.88. The van der Waals surface area contributed by atoms with Crippen LogP contribution < -0.4 is 0 Å². The highest BCUT2D eigenvalue weighted by molar-refractivity contribution is 6.16. The second-order valence-corrected chi connectivity index (χ2v) is 3.32. The Kier molecular flexibility index (Phi) is 1.24. The van der Waals surface area contributed by atoms with Gasteiger partial charge in [-0.05, 0) is 17.7 Å². The second-order valence-electron chi connectivity index (χ2n) is 3.32. The van der Waals surface area contributed by atoms with E-state index in [1.807, 2.05) is 12.1 Å². The molecule has 2 bridgehead atoms. The summed E-state index contributed by atoms with van der Waals surface area (Å²) in [6.07, 6.45) is 2.73. The molecule has 1 unspecified atom stereocenters. The monoisotopic (exact) mass is 186 g/mol. The molecule has 3 heteroatoms. The third-order valence-electron chi connectivity index (χ3n) is 2.51. The SMILES string of the molecule is O=C1OC2C=Cc3cccc1c3C2=O. The van der Waals surface area contributed by atoms with Crippen LogP contribution in [-0.2, 0) is 4.74 Å². The molecule has 1 aromatic rings. The van der Waals surface area contributed by atoms with Crippen LogP contribution in [0.4, 0.5) is 0 Å². The molecule has 0 spiro atoms. The van der Waals surface area contributed by atoms with Crippen molar-refractivity contribution in [2.45, 2.75) is 6.10 Å². The van der Waals surface area contributed by atoms with Crippen molar-refractivity contribution < 1.29 is 14.3 Å². The molecule has 0 amide bonds. The van der Waals surface area contributed by atoms with Gasteiger partial charge in [-0.1, -0.05) is 18.2 Å². The van der Waals surface area contributed by atoms with E-state index in [1.165, 1.54) is 0 Å². The van der Waals surface area contributed by atoms with Gasteiger partial charge in [0.15, 0.2) is 6.10 Å². The van der Waals surface area contributed by atoms with E-state index in [0.717, 1.165) is 5.56 Å². The highest BCUT2D eigenvalue weighted by atomic mass is 16.5. The molecule has 1 aliphatic heterocycles. The maximum Gasteiger partial charge on any atom is 0.339 e. The molecule has 2 aliphatic rings. The zero-order valence-corrected chi connectivity index (χ0v) is 7.19. The molecule has 0 radical (unpaired) electrons. The largest absolute Gasteiger partial charge is 0.446 e. The number of hydrogen-bond acceptors (Lipinski definition) is 3. The normalized spacial score (nSPS) is 22.1. The minimum atomic E-state index is -0.704. The Hall–Kier alpha value is -1.90. The summed E-state index contributed by atoms with van der Waals surface area (Å²) < 4.78 is 4.94. The Morgan fingerprint density at radius 2 is 2.07 bits per heavy atom. The summed E-state index contributed by atoms with van der Waals surface area (Å²) in [5, 5.41) is 0. The van der Waals surface area contributed by atoms with Gasteiger partial charge in [0.1, 0.15) is 0 Å². The average molecular weight is 186 g/mol. The first-order valence-electron chi connectivity index (χ1n) is 4.34. The Bertz CT molecular complexity index is 485. The van der Waals surface area contributed by atoms with Crippen molar-refractivity contribution in [3.63, 3.8) is 0 Å². The van der Waals surface area contributed by atoms with Crippen molar-refractivity contribution in [1.82, 2.24) is 0 Å². The Morgan fingerprint density at radius 3 is 2.93 bits per heavy atom. The summed E-state index contributed by atoms with van der Waals surface area (Å²) in [7, 11) is 0. The van der Waals surface area contributed by atoms with Crippen LogP contribution in [0.1, 0.15) is 26.3 Å². The third kappa shape index (κ3) is 0.763. The van der Waals surface area contributed by atoms with Crippen LogP contribution in [0.15, 0.2) is 24.3 Å². The van der Waals surface area contributed by atoms with Gasteiger partial charge in [0.05, 0.1) is 5.56 Å². The van der Waals surface area contributed by atoms with Gasteiger partial charge in [0.2, 0.25) is 5.78 Å². The summed E-state index contributed by atoms with van der Waals surface area (Å²) in [4.78, 5) is 23.1. The molecule has 0 fully saturated rings. The number of carbonyl (C=O) groups excluding carboxylic acids is 2. The molecule has 1 atom stereocenters. The number of esters is 1. The van der Waals surface area contributed by atoms with Crippen LogP contribution in [0.5, 0.6) is 0 Å². The second kappa shape index (κ2) is 2.32. The quantitative estimate of drug-likeness (QED) is 0.576. The van der Waals surface area contributed by atoms with Crippen LogP contribution in [0.2, 0.25) is 0 Å². The average Bonchev–Trinajstić information content (AvgIpc) is 2.20. The molecule has 3 rings (SSSR count). The fourth-order valence-electron chi connectivity index (χ4n) is 1.85. The molecule has 14 heavy (non-hydrogen) atoms. The molecule has 3 nitrogen and oxygen atoms in total. The number of carbonyl (C=O) groups is 2. The first-order valence-corrected chi connectivity index (χ1v) is 4.34. The minimum Gasteiger partial charge on any atom is -0.446 e. The summed E-state index contributed by atoms with van der Waals surface area (Å²) in [5.74, 6) is -0.520. The Balaban J connectivity index is 2.42. The molecule has 68 valence electrons. The standard InChI is InChI=1S/C11H6O3/c12-10-8-5-4-6-2-1-3-7(9(6)10)11(13)14-8/h1-5,8H. The predicted octanol–water partition coefficient (Wildman–Crippen LogP) is 1.44. The van der Waals surface area contributed by atoms with E-state index >= 15 is 0 Å². The van der Waals surface area contributed by atoms with E-state index < -0.39 is 12.1 Å². The zero-order chi connectivity index (χ0) is 9.71. The van der Waals surface area contributed by atoms with Gasteiger partial charge in [-0.3, -0.25) is 4.79 Å². The smallest absolute Gasteiger partial charge is 0.339 e. The zero-order valence-electron chi connectivity index (χ0n) is 7.19. The van der Waals surface area contributed by atoms with E-state index in [9.17, 15) is 9.59 Å². The maximum atomic E-state index is 11.7. The molecule has 0 N–H and O–H groups in total. The van der Waals surface area contributed by atoms with E-state index in [2.05, 4.69) is 0 Å². The number of Topliss-reactive ketones (excluding diaryl/α,β-unsaturated/α-hetero) is 1. The summed E-state index contributed by atoms with van der Waals surface area (Å²) in [6, 6.07) is 5.19. The van der Waals surface area contributed by atoms with Gasteiger partial charge < -0.3 is 4.74 Å². The van der Waals surface area contributed by atoms with Crippen LogP contribution in [0, 0.1) is 0 Å². The first-order chi connectivity index (χ1) is 6.77. The topological polar surface area (TPSA) is 43.4 Å². The Morgan fingerprint density at radius 1 is 1.21 bits per heavy atom. The van der Waals surface area contributed by atoms with Crippen molar-refractivity contribution >= 4 is 17.8 Å². The molecule has 1 aliphatic carbocycles. The third-order valence-corrected chi connectivity index (χ3v) is 2.51. The molecule has 1 heterocycles. The van der Waals surface area contributed by atoms with E-state index in [0.29, 0.717) is 11.1 Å². The summed E-state index contributed by atoms with van der Waals surface area (Å²) in [6.45, 7) is 0. The number of fused-ring (bicyclic) bond motifs is 1. The number of benzene rings is 1. The van der Waals surface area contributed by atoms with Crippen LogP contribution in [-0.4, -0.2) is 17.9 Å². The highest BCUT2D eigenvalue weighted by Gasteiger charge is 2.36.